The zero-order valence-electron chi connectivity index (χ0n) is 19.7. The van der Waals surface area contributed by atoms with Crippen LogP contribution >= 0.6 is 0 Å². The summed E-state index contributed by atoms with van der Waals surface area (Å²) in [5, 5.41) is 9.61. The first kappa shape index (κ1) is 22.5. The van der Waals surface area contributed by atoms with Crippen molar-refractivity contribution in [3.63, 3.8) is 0 Å². The number of carbonyl (C=O) groups excluding carboxylic acids is 1. The number of nitrogens with one attached hydrogen (secondary N) is 2. The quantitative estimate of drug-likeness (QED) is 0.347. The van der Waals surface area contributed by atoms with Crippen molar-refractivity contribution in [1.29, 1.82) is 0 Å². The molecule has 5 rings (SSSR count). The maximum absolute atomic E-state index is 13.0. The normalized spacial score (nSPS) is 16.6. The molecule has 1 aliphatic heterocycles. The molecular weight excluding hydrogens is 430 g/mol. The highest BCUT2D eigenvalue weighted by Crippen LogP contribution is 2.32. The minimum atomic E-state index is -0.208. The third-order valence-electron chi connectivity index (χ3n) is 6.55. The Kier molecular flexibility index (Phi) is 6.32. The van der Waals surface area contributed by atoms with Crippen LogP contribution in [-0.4, -0.2) is 63.9 Å². The van der Waals surface area contributed by atoms with Crippen LogP contribution in [0.4, 0.5) is 5.82 Å². The summed E-state index contributed by atoms with van der Waals surface area (Å²) in [7, 11) is 2.16. The Balaban J connectivity index is 1.34. The lowest BCUT2D eigenvalue weighted by atomic mass is 10.1. The van der Waals surface area contributed by atoms with E-state index in [9.17, 15) is 4.79 Å². The van der Waals surface area contributed by atoms with E-state index in [1.807, 2.05) is 42.1 Å². The third-order valence-corrected chi connectivity index (χ3v) is 6.55. The molecule has 34 heavy (non-hydrogen) atoms. The average molecular weight is 462 g/mol. The number of rotatable bonds is 8. The highest BCUT2D eigenvalue weighted by atomic mass is 16.5. The van der Waals surface area contributed by atoms with Crippen molar-refractivity contribution in [2.24, 2.45) is 5.73 Å². The molecule has 1 fully saturated rings. The number of likely N-dealkylation sites (tertiary alicyclic amines) is 1. The van der Waals surface area contributed by atoms with Gasteiger partial charge in [-0.3, -0.25) is 14.4 Å². The molecule has 1 amide bonds. The SMILES string of the molecule is Cc1nn(CCOCCN)c2cc(C(=O)Nc3cc4[nH]c([C@H]5CCCN5C)cc4cn3)ccc12. The summed E-state index contributed by atoms with van der Waals surface area (Å²) in [6.45, 7) is 5.20. The van der Waals surface area contributed by atoms with Gasteiger partial charge in [0.2, 0.25) is 0 Å². The van der Waals surface area contributed by atoms with Gasteiger partial charge in [0.05, 0.1) is 36.5 Å². The maximum atomic E-state index is 13.0. The Hall–Kier alpha value is -3.27. The molecule has 0 spiro atoms. The predicted molar refractivity (Wildman–Crippen MR) is 133 cm³/mol. The first-order valence-corrected chi connectivity index (χ1v) is 11.8. The van der Waals surface area contributed by atoms with Gasteiger partial charge in [-0.2, -0.15) is 5.10 Å². The number of hydrogen-bond acceptors (Lipinski definition) is 6. The zero-order valence-corrected chi connectivity index (χ0v) is 19.7. The van der Waals surface area contributed by atoms with Crippen LogP contribution in [0.5, 0.6) is 0 Å². The number of fused-ring (bicyclic) bond motifs is 2. The molecule has 4 N–H and O–H groups in total. The molecule has 0 aliphatic carbocycles. The summed E-state index contributed by atoms with van der Waals surface area (Å²) in [6.07, 6.45) is 4.17. The van der Waals surface area contributed by atoms with Crippen LogP contribution in [0, 0.1) is 6.92 Å². The number of hydrogen-bond donors (Lipinski definition) is 3. The lowest BCUT2D eigenvalue weighted by molar-refractivity contribution is 0.102. The van der Waals surface area contributed by atoms with E-state index >= 15 is 0 Å². The summed E-state index contributed by atoms with van der Waals surface area (Å²) in [5.41, 5.74) is 10.0. The van der Waals surface area contributed by atoms with Gasteiger partial charge >= 0.3 is 0 Å². The molecule has 0 radical (unpaired) electrons. The van der Waals surface area contributed by atoms with Crippen LogP contribution in [0.25, 0.3) is 21.8 Å². The number of aryl methyl sites for hydroxylation is 1. The smallest absolute Gasteiger partial charge is 0.256 e. The fourth-order valence-electron chi connectivity index (χ4n) is 4.78. The largest absolute Gasteiger partial charge is 0.378 e. The summed E-state index contributed by atoms with van der Waals surface area (Å²) >= 11 is 0. The number of nitrogens with zero attached hydrogens (tertiary/aromatic N) is 4. The predicted octanol–water partition coefficient (Wildman–Crippen LogP) is 3.22. The highest BCUT2D eigenvalue weighted by molar-refractivity contribution is 6.06. The zero-order chi connectivity index (χ0) is 23.7. The summed E-state index contributed by atoms with van der Waals surface area (Å²) in [5.74, 6) is 0.312. The van der Waals surface area contributed by atoms with E-state index in [0.717, 1.165) is 40.5 Å². The lowest BCUT2D eigenvalue weighted by Crippen LogP contribution is -2.17. The van der Waals surface area contributed by atoms with Crippen molar-refractivity contribution in [2.45, 2.75) is 32.4 Å². The first-order valence-electron chi connectivity index (χ1n) is 11.8. The van der Waals surface area contributed by atoms with Crippen LogP contribution in [0.1, 0.15) is 40.6 Å². The molecule has 9 nitrogen and oxygen atoms in total. The van der Waals surface area contributed by atoms with E-state index in [1.165, 1.54) is 12.1 Å². The number of pyridine rings is 1. The number of carbonyl (C=O) groups is 1. The van der Waals surface area contributed by atoms with E-state index in [1.54, 1.807) is 0 Å². The Bertz CT molecular complexity index is 1330. The molecule has 3 aromatic heterocycles. The van der Waals surface area contributed by atoms with E-state index in [2.05, 4.69) is 38.4 Å². The van der Waals surface area contributed by atoms with E-state index < -0.39 is 0 Å². The number of aromatic nitrogens is 4. The van der Waals surface area contributed by atoms with Gasteiger partial charge in [-0.15, -0.1) is 0 Å². The van der Waals surface area contributed by atoms with Gasteiger partial charge in [0.1, 0.15) is 5.82 Å². The van der Waals surface area contributed by atoms with Crippen LogP contribution in [0.15, 0.2) is 36.5 Å². The Morgan fingerprint density at radius 3 is 2.97 bits per heavy atom. The first-order chi connectivity index (χ1) is 16.5. The molecule has 9 heteroatoms. The molecule has 0 bridgehead atoms. The van der Waals surface area contributed by atoms with Crippen molar-refractivity contribution in [1.82, 2.24) is 24.6 Å². The number of benzene rings is 1. The van der Waals surface area contributed by atoms with Gasteiger partial charge in [-0.05, 0) is 51.6 Å². The molecule has 0 unspecified atom stereocenters. The molecular formula is C25H31N7O2. The third kappa shape index (κ3) is 4.42. The minimum absolute atomic E-state index is 0.208. The fourth-order valence-corrected chi connectivity index (χ4v) is 4.78. The number of ether oxygens (including phenoxy) is 1. The average Bonchev–Trinajstić information content (AvgIpc) is 3.53. The van der Waals surface area contributed by atoms with Crippen LogP contribution in [-0.2, 0) is 11.3 Å². The lowest BCUT2D eigenvalue weighted by Gasteiger charge is -2.17. The monoisotopic (exact) mass is 461 g/mol. The van der Waals surface area contributed by atoms with Crippen molar-refractivity contribution in [3.8, 4) is 0 Å². The van der Waals surface area contributed by atoms with Crippen LogP contribution in [0.3, 0.4) is 0 Å². The summed E-state index contributed by atoms with van der Waals surface area (Å²) in [4.78, 5) is 23.4. The van der Waals surface area contributed by atoms with E-state index in [0.29, 0.717) is 43.7 Å². The summed E-state index contributed by atoms with van der Waals surface area (Å²) in [6, 6.07) is 10.1. The topological polar surface area (TPSA) is 114 Å². The molecule has 4 heterocycles. The Morgan fingerprint density at radius 2 is 2.18 bits per heavy atom. The van der Waals surface area contributed by atoms with E-state index in [-0.39, 0.29) is 5.91 Å². The van der Waals surface area contributed by atoms with Gasteiger partial charge in [0, 0.05) is 46.9 Å². The molecule has 178 valence electrons. The van der Waals surface area contributed by atoms with Gasteiger partial charge in [-0.1, -0.05) is 6.07 Å². The second kappa shape index (κ2) is 9.54. The molecule has 1 aromatic carbocycles. The minimum Gasteiger partial charge on any atom is -0.378 e. The maximum Gasteiger partial charge on any atom is 0.256 e. The van der Waals surface area contributed by atoms with Crippen LogP contribution in [0.2, 0.25) is 0 Å². The van der Waals surface area contributed by atoms with Gasteiger partial charge < -0.3 is 20.8 Å². The number of nitrogens with two attached hydrogens (primary N) is 1. The fraction of sp³-hybridized carbons (Fsp3) is 0.400. The van der Waals surface area contributed by atoms with Crippen molar-refractivity contribution in [3.05, 3.63) is 53.5 Å². The van der Waals surface area contributed by atoms with Crippen LogP contribution < -0.4 is 11.1 Å². The van der Waals surface area contributed by atoms with Gasteiger partial charge in [0.15, 0.2) is 0 Å². The second-order valence-electron chi connectivity index (χ2n) is 8.92. The van der Waals surface area contributed by atoms with Crippen molar-refractivity contribution >= 4 is 33.5 Å². The standard InChI is InChI=1S/C25H31N7O2/c1-16-19-6-5-17(13-23(19)32(30-16)9-11-34-10-7-26)25(33)29-24-14-20-18(15-27-24)12-21(28-20)22-4-3-8-31(22)2/h5-6,12-15,22,28H,3-4,7-11,26H2,1-2H3,(H,27,29,33)/t22-/m1/s1. The highest BCUT2D eigenvalue weighted by Gasteiger charge is 2.24. The summed E-state index contributed by atoms with van der Waals surface area (Å²) < 4.78 is 7.38. The number of amides is 1. The second-order valence-corrected chi connectivity index (χ2v) is 8.92. The Morgan fingerprint density at radius 1 is 1.29 bits per heavy atom. The molecule has 4 aromatic rings. The number of aromatic amines is 1. The number of anilines is 1. The molecule has 1 saturated heterocycles. The van der Waals surface area contributed by atoms with E-state index in [4.69, 9.17) is 10.5 Å². The molecule has 0 saturated carbocycles. The van der Waals surface area contributed by atoms with Crippen molar-refractivity contribution in [2.75, 3.05) is 38.7 Å². The molecule has 1 aliphatic rings. The van der Waals surface area contributed by atoms with Gasteiger partial charge in [0.25, 0.3) is 5.91 Å². The van der Waals surface area contributed by atoms with Crippen molar-refractivity contribution < 1.29 is 9.53 Å². The Labute approximate surface area is 198 Å². The van der Waals surface area contributed by atoms with Gasteiger partial charge in [-0.25, -0.2) is 4.98 Å². The number of H-pyrrole nitrogens is 1. The molecule has 1 atom stereocenters.